The maximum absolute atomic E-state index is 12.5. The lowest BCUT2D eigenvalue weighted by Gasteiger charge is -2.24. The van der Waals surface area contributed by atoms with Crippen molar-refractivity contribution in [3.8, 4) is 11.5 Å². The number of hydrogen-bond donors (Lipinski definition) is 1. The zero-order valence-corrected chi connectivity index (χ0v) is 15.7. The Hall–Kier alpha value is -2.31. The van der Waals surface area contributed by atoms with E-state index in [1.165, 1.54) is 5.41 Å². The number of ether oxygens (including phenoxy) is 2. The Morgan fingerprint density at radius 3 is 2.38 bits per heavy atom. The molecular weight excluding hydrogens is 350 g/mol. The van der Waals surface area contributed by atoms with Gasteiger partial charge >= 0.3 is 0 Å². The summed E-state index contributed by atoms with van der Waals surface area (Å²) < 4.78 is 39.0. The molecule has 0 radical (unpaired) electrons. The van der Waals surface area contributed by atoms with Gasteiger partial charge in [0.15, 0.2) is 11.5 Å². The van der Waals surface area contributed by atoms with Crippen LogP contribution in [0.25, 0.3) is 6.08 Å². The summed E-state index contributed by atoms with van der Waals surface area (Å²) >= 11 is 0. The maximum atomic E-state index is 12.5. The van der Waals surface area contributed by atoms with Crippen LogP contribution in [0.4, 0.5) is 0 Å². The average Bonchev–Trinajstić information content (AvgIpc) is 2.65. The van der Waals surface area contributed by atoms with E-state index >= 15 is 0 Å². The summed E-state index contributed by atoms with van der Waals surface area (Å²) in [7, 11) is -3.60. The molecule has 0 unspecified atom stereocenters. The third kappa shape index (κ3) is 4.65. The van der Waals surface area contributed by atoms with Gasteiger partial charge in [-0.2, -0.15) is 0 Å². The molecule has 26 heavy (non-hydrogen) atoms. The lowest BCUT2D eigenvalue weighted by Crippen LogP contribution is -2.30. The van der Waals surface area contributed by atoms with Crippen LogP contribution in [0.5, 0.6) is 11.5 Å². The molecule has 138 valence electrons. The van der Waals surface area contributed by atoms with Crippen LogP contribution in [0.2, 0.25) is 0 Å². The maximum Gasteiger partial charge on any atom is 0.234 e. The fourth-order valence-electron chi connectivity index (χ4n) is 2.79. The van der Waals surface area contributed by atoms with Crippen LogP contribution in [0.15, 0.2) is 53.9 Å². The second-order valence-electron chi connectivity index (χ2n) is 6.50. The van der Waals surface area contributed by atoms with Crippen molar-refractivity contribution in [3.05, 3.63) is 65.1 Å². The molecule has 1 aliphatic rings. The summed E-state index contributed by atoms with van der Waals surface area (Å²) in [6, 6.07) is 14.5. The molecule has 1 N–H and O–H groups in total. The third-order valence-corrected chi connectivity index (χ3v) is 5.20. The van der Waals surface area contributed by atoms with Crippen LogP contribution < -0.4 is 14.2 Å². The molecule has 1 aliphatic heterocycles. The minimum atomic E-state index is -3.60. The fraction of sp³-hybridized carbons (Fsp3) is 0.300. The largest absolute Gasteiger partial charge is 0.486 e. The zero-order chi connectivity index (χ0) is 18.6. The topological polar surface area (TPSA) is 64.6 Å². The first-order chi connectivity index (χ1) is 12.4. The van der Waals surface area contributed by atoms with E-state index < -0.39 is 10.0 Å². The van der Waals surface area contributed by atoms with Gasteiger partial charge in [-0.25, -0.2) is 13.1 Å². The number of hydrogen-bond acceptors (Lipinski definition) is 4. The highest BCUT2D eigenvalue weighted by atomic mass is 32.2. The number of benzene rings is 2. The molecule has 0 aromatic heterocycles. The van der Waals surface area contributed by atoms with E-state index in [2.05, 4.69) is 4.72 Å². The van der Waals surface area contributed by atoms with Gasteiger partial charge in [0.2, 0.25) is 10.0 Å². The van der Waals surface area contributed by atoms with Gasteiger partial charge in [-0.3, -0.25) is 0 Å². The Kier molecular flexibility index (Phi) is 5.64. The summed E-state index contributed by atoms with van der Waals surface area (Å²) in [5.74, 6) is 1.41. The SMILES string of the molecule is CC(C)[C@@H](NS(=O)(=O)/C=C/c1ccccc1)c1ccc2c(c1)OCCO2. The van der Waals surface area contributed by atoms with E-state index in [0.29, 0.717) is 24.7 Å². The highest BCUT2D eigenvalue weighted by molar-refractivity contribution is 7.92. The highest BCUT2D eigenvalue weighted by Gasteiger charge is 2.23. The smallest absolute Gasteiger partial charge is 0.234 e. The predicted molar refractivity (Wildman–Crippen MR) is 103 cm³/mol. The van der Waals surface area contributed by atoms with E-state index in [-0.39, 0.29) is 12.0 Å². The Balaban J connectivity index is 1.81. The second kappa shape index (κ2) is 7.93. The minimum Gasteiger partial charge on any atom is -0.486 e. The van der Waals surface area contributed by atoms with Crippen LogP contribution in [-0.2, 0) is 10.0 Å². The number of sulfonamides is 1. The Morgan fingerprint density at radius 2 is 1.69 bits per heavy atom. The van der Waals surface area contributed by atoms with Crippen LogP contribution in [0.3, 0.4) is 0 Å². The van der Waals surface area contributed by atoms with Crippen molar-refractivity contribution in [3.63, 3.8) is 0 Å². The molecule has 0 saturated heterocycles. The van der Waals surface area contributed by atoms with Crippen molar-refractivity contribution >= 4 is 16.1 Å². The summed E-state index contributed by atoms with van der Waals surface area (Å²) in [4.78, 5) is 0. The van der Waals surface area contributed by atoms with Gasteiger partial charge in [-0.1, -0.05) is 50.2 Å². The molecule has 0 amide bonds. The molecule has 0 fully saturated rings. The summed E-state index contributed by atoms with van der Waals surface area (Å²) in [6.45, 7) is 4.97. The molecule has 2 aromatic carbocycles. The van der Waals surface area contributed by atoms with E-state index in [0.717, 1.165) is 11.1 Å². The molecule has 6 heteroatoms. The standard InChI is InChI=1S/C20H23NO4S/c1-15(2)20(17-8-9-18-19(14-17)25-12-11-24-18)21-26(22,23)13-10-16-6-4-3-5-7-16/h3-10,13-15,20-21H,11-12H2,1-2H3/b13-10+/t20-/m1/s1. The number of fused-ring (bicyclic) bond motifs is 1. The molecule has 1 atom stereocenters. The van der Waals surface area contributed by atoms with Crippen molar-refractivity contribution in [1.29, 1.82) is 0 Å². The van der Waals surface area contributed by atoms with Crippen molar-refractivity contribution < 1.29 is 17.9 Å². The molecule has 0 spiro atoms. The summed E-state index contributed by atoms with van der Waals surface area (Å²) in [5, 5.41) is 1.20. The van der Waals surface area contributed by atoms with Gasteiger partial charge in [0.1, 0.15) is 13.2 Å². The summed E-state index contributed by atoms with van der Waals surface area (Å²) in [6.07, 6.45) is 1.59. The molecule has 0 aliphatic carbocycles. The second-order valence-corrected chi connectivity index (χ2v) is 8.10. The highest BCUT2D eigenvalue weighted by Crippen LogP contribution is 2.34. The Bertz CT molecular complexity index is 876. The van der Waals surface area contributed by atoms with Gasteiger partial charge in [-0.05, 0) is 35.3 Å². The van der Waals surface area contributed by atoms with Crippen LogP contribution in [0, 0.1) is 5.92 Å². The van der Waals surface area contributed by atoms with Crippen LogP contribution >= 0.6 is 0 Å². The van der Waals surface area contributed by atoms with Gasteiger partial charge < -0.3 is 9.47 Å². The van der Waals surface area contributed by atoms with Crippen molar-refractivity contribution in [2.75, 3.05) is 13.2 Å². The van der Waals surface area contributed by atoms with Gasteiger partial charge in [0, 0.05) is 11.4 Å². The van der Waals surface area contributed by atoms with Gasteiger partial charge in [0.25, 0.3) is 0 Å². The number of nitrogens with one attached hydrogen (secondary N) is 1. The average molecular weight is 373 g/mol. The molecule has 5 nitrogen and oxygen atoms in total. The first-order valence-electron chi connectivity index (χ1n) is 8.59. The Labute approximate surface area is 154 Å². The first-order valence-corrected chi connectivity index (χ1v) is 10.1. The molecule has 1 heterocycles. The van der Waals surface area contributed by atoms with Crippen LogP contribution in [0.1, 0.15) is 31.0 Å². The monoisotopic (exact) mass is 373 g/mol. The molecule has 0 saturated carbocycles. The molecule has 2 aromatic rings. The van der Waals surface area contributed by atoms with E-state index in [1.807, 2.05) is 62.4 Å². The zero-order valence-electron chi connectivity index (χ0n) is 14.9. The lowest BCUT2D eigenvalue weighted by molar-refractivity contribution is 0.171. The van der Waals surface area contributed by atoms with Gasteiger partial charge in [-0.15, -0.1) is 0 Å². The Morgan fingerprint density at radius 1 is 1.00 bits per heavy atom. The van der Waals surface area contributed by atoms with E-state index in [9.17, 15) is 8.42 Å². The fourth-order valence-corrected chi connectivity index (χ4v) is 3.97. The quantitative estimate of drug-likeness (QED) is 0.838. The van der Waals surface area contributed by atoms with Crippen molar-refractivity contribution in [2.45, 2.75) is 19.9 Å². The van der Waals surface area contributed by atoms with Gasteiger partial charge in [0.05, 0.1) is 0 Å². The summed E-state index contributed by atoms with van der Waals surface area (Å²) in [5.41, 5.74) is 1.68. The third-order valence-electron chi connectivity index (χ3n) is 4.12. The number of rotatable bonds is 6. The first kappa shape index (κ1) is 18.5. The molecule has 0 bridgehead atoms. The van der Waals surface area contributed by atoms with E-state index in [1.54, 1.807) is 6.08 Å². The molecule has 3 rings (SSSR count). The van der Waals surface area contributed by atoms with Crippen molar-refractivity contribution in [1.82, 2.24) is 4.72 Å². The van der Waals surface area contributed by atoms with Crippen molar-refractivity contribution in [2.24, 2.45) is 5.92 Å². The lowest BCUT2D eigenvalue weighted by atomic mass is 9.97. The van der Waals surface area contributed by atoms with E-state index in [4.69, 9.17) is 9.47 Å². The predicted octanol–water partition coefficient (Wildman–Crippen LogP) is 3.75. The minimum absolute atomic E-state index is 0.0671. The van der Waals surface area contributed by atoms with Crippen LogP contribution in [-0.4, -0.2) is 21.6 Å². The normalized spacial score (nSPS) is 15.3. The molecular formula is C20H23NO4S.